The van der Waals surface area contributed by atoms with Gasteiger partial charge in [0.15, 0.2) is 0 Å². The Morgan fingerprint density at radius 3 is 2.32 bits per heavy atom. The number of carbonyl (C=O) groups is 3. The molecule has 2 amide bonds. The molecule has 1 aromatic heterocycles. The van der Waals surface area contributed by atoms with Gasteiger partial charge in [-0.3, -0.25) is 9.59 Å². The maximum atomic E-state index is 12.4. The van der Waals surface area contributed by atoms with Gasteiger partial charge in [0.1, 0.15) is 5.00 Å². The molecule has 28 heavy (non-hydrogen) atoms. The second-order valence-corrected chi connectivity index (χ2v) is 7.74. The van der Waals surface area contributed by atoms with Gasteiger partial charge in [-0.15, -0.1) is 11.3 Å². The number of hydrogen-bond donors (Lipinski definition) is 1. The Labute approximate surface area is 176 Å². The monoisotopic (exact) mass is 440 g/mol. The van der Waals surface area contributed by atoms with Gasteiger partial charge in [0.25, 0.3) is 5.91 Å². The Morgan fingerprint density at radius 2 is 1.79 bits per heavy atom. The van der Waals surface area contributed by atoms with Crippen LogP contribution in [0.25, 0.3) is 6.08 Å². The minimum absolute atomic E-state index is 0.148. The summed E-state index contributed by atoms with van der Waals surface area (Å²) in [5, 5.41) is 3.66. The molecule has 0 fully saturated rings. The Hall–Kier alpha value is -2.35. The molecule has 0 spiro atoms. The molecule has 1 heterocycles. The van der Waals surface area contributed by atoms with Gasteiger partial charge in [-0.1, -0.05) is 29.3 Å². The van der Waals surface area contributed by atoms with E-state index in [4.69, 9.17) is 27.9 Å². The van der Waals surface area contributed by atoms with Gasteiger partial charge in [0.05, 0.1) is 17.6 Å². The number of carbonyl (C=O) groups excluding carboxylic acids is 3. The number of anilines is 1. The fraction of sp³-hybridized carbons (Fsp3) is 0.211. The molecule has 6 nitrogen and oxygen atoms in total. The molecule has 0 aliphatic heterocycles. The van der Waals surface area contributed by atoms with E-state index in [9.17, 15) is 14.4 Å². The van der Waals surface area contributed by atoms with Crippen molar-refractivity contribution in [1.82, 2.24) is 4.90 Å². The lowest BCUT2D eigenvalue weighted by Gasteiger charge is -2.08. The van der Waals surface area contributed by atoms with Gasteiger partial charge in [0, 0.05) is 35.8 Å². The summed E-state index contributed by atoms with van der Waals surface area (Å²) in [6, 6.07) is 5.01. The van der Waals surface area contributed by atoms with Crippen LogP contribution < -0.4 is 5.32 Å². The molecule has 1 aromatic carbocycles. The van der Waals surface area contributed by atoms with Crippen LogP contribution in [0.1, 0.15) is 31.2 Å². The van der Waals surface area contributed by atoms with E-state index in [1.54, 1.807) is 39.2 Å². The first-order valence-electron chi connectivity index (χ1n) is 8.03. The zero-order chi connectivity index (χ0) is 21.0. The van der Waals surface area contributed by atoms with Crippen molar-refractivity contribution in [3.05, 3.63) is 55.9 Å². The topological polar surface area (TPSA) is 75.7 Å². The average Bonchev–Trinajstić information content (AvgIpc) is 2.95. The van der Waals surface area contributed by atoms with Crippen molar-refractivity contribution < 1.29 is 19.1 Å². The summed E-state index contributed by atoms with van der Waals surface area (Å²) >= 11 is 13.2. The normalized spacial score (nSPS) is 10.8. The maximum absolute atomic E-state index is 12.4. The zero-order valence-electron chi connectivity index (χ0n) is 15.6. The second kappa shape index (κ2) is 9.23. The summed E-state index contributed by atoms with van der Waals surface area (Å²) in [6.45, 7) is 1.63. The number of methoxy groups -OCH3 is 1. The number of hydrogen-bond acceptors (Lipinski definition) is 5. The summed E-state index contributed by atoms with van der Waals surface area (Å²) in [4.78, 5) is 38.6. The predicted octanol–water partition coefficient (Wildman–Crippen LogP) is 4.50. The Balaban J connectivity index is 2.35. The van der Waals surface area contributed by atoms with Crippen molar-refractivity contribution in [2.75, 3.05) is 26.5 Å². The van der Waals surface area contributed by atoms with E-state index in [0.717, 1.165) is 11.3 Å². The first-order chi connectivity index (χ1) is 13.2. The van der Waals surface area contributed by atoms with Crippen LogP contribution in [0.15, 0.2) is 24.3 Å². The van der Waals surface area contributed by atoms with Gasteiger partial charge >= 0.3 is 5.97 Å². The molecule has 0 bridgehead atoms. The third-order valence-corrected chi connectivity index (χ3v) is 5.63. The zero-order valence-corrected chi connectivity index (χ0v) is 18.0. The van der Waals surface area contributed by atoms with E-state index in [-0.39, 0.29) is 16.5 Å². The van der Waals surface area contributed by atoms with Crippen molar-refractivity contribution in [3.8, 4) is 0 Å². The van der Waals surface area contributed by atoms with Crippen molar-refractivity contribution in [3.63, 3.8) is 0 Å². The molecule has 148 valence electrons. The van der Waals surface area contributed by atoms with E-state index in [0.29, 0.717) is 26.0 Å². The molecule has 0 atom stereocenters. The fourth-order valence-electron chi connectivity index (χ4n) is 2.34. The summed E-state index contributed by atoms with van der Waals surface area (Å²) in [6.07, 6.45) is 2.72. The number of nitrogens with zero attached hydrogens (tertiary/aromatic N) is 1. The molecule has 0 aliphatic rings. The van der Waals surface area contributed by atoms with E-state index in [1.807, 2.05) is 0 Å². The Kier molecular flexibility index (Phi) is 7.23. The molecule has 9 heteroatoms. The highest BCUT2D eigenvalue weighted by molar-refractivity contribution is 7.18. The lowest BCUT2D eigenvalue weighted by molar-refractivity contribution is -0.111. The molecule has 2 aromatic rings. The largest absolute Gasteiger partial charge is 0.465 e. The highest BCUT2D eigenvalue weighted by Gasteiger charge is 2.26. The number of esters is 1. The van der Waals surface area contributed by atoms with Gasteiger partial charge in [0.2, 0.25) is 5.91 Å². The van der Waals surface area contributed by atoms with Crippen molar-refractivity contribution >= 4 is 63.4 Å². The first kappa shape index (κ1) is 21.9. The van der Waals surface area contributed by atoms with E-state index < -0.39 is 11.9 Å². The van der Waals surface area contributed by atoms with Gasteiger partial charge in [-0.2, -0.15) is 0 Å². The van der Waals surface area contributed by atoms with Crippen molar-refractivity contribution in [2.24, 2.45) is 0 Å². The number of thiophene rings is 1. The van der Waals surface area contributed by atoms with Crippen LogP contribution in [0, 0.1) is 6.92 Å². The molecule has 0 saturated heterocycles. The van der Waals surface area contributed by atoms with Crippen LogP contribution in [0.5, 0.6) is 0 Å². The van der Waals surface area contributed by atoms with Crippen LogP contribution in [0.3, 0.4) is 0 Å². The number of rotatable bonds is 5. The third-order valence-electron chi connectivity index (χ3n) is 3.77. The van der Waals surface area contributed by atoms with Crippen molar-refractivity contribution in [1.29, 1.82) is 0 Å². The van der Waals surface area contributed by atoms with Crippen LogP contribution in [0.4, 0.5) is 5.00 Å². The van der Waals surface area contributed by atoms with Crippen LogP contribution in [-0.2, 0) is 9.53 Å². The smallest absolute Gasteiger partial charge is 0.341 e. The molecule has 0 aliphatic carbocycles. The van der Waals surface area contributed by atoms with E-state index in [1.165, 1.54) is 24.2 Å². The summed E-state index contributed by atoms with van der Waals surface area (Å²) in [5.41, 5.74) is 1.10. The standard InChI is InChI=1S/C19H18Cl2N2O4S/c1-10-15(19(26)27-4)17(28-16(10)18(25)23(2)3)22-14(24)9-8-11-12(20)6-5-7-13(11)21/h5-9H,1-4H3,(H,22,24). The quantitative estimate of drug-likeness (QED) is 0.548. The predicted molar refractivity (Wildman–Crippen MR) is 113 cm³/mol. The van der Waals surface area contributed by atoms with Crippen LogP contribution in [-0.4, -0.2) is 43.9 Å². The molecular weight excluding hydrogens is 423 g/mol. The molecular formula is C19H18Cl2N2O4S. The van der Waals surface area contributed by atoms with Gasteiger partial charge in [-0.25, -0.2) is 4.79 Å². The summed E-state index contributed by atoms with van der Waals surface area (Å²) < 4.78 is 4.79. The lowest BCUT2D eigenvalue weighted by atomic mass is 10.1. The molecule has 2 rings (SSSR count). The first-order valence-corrected chi connectivity index (χ1v) is 9.61. The van der Waals surface area contributed by atoms with E-state index >= 15 is 0 Å². The van der Waals surface area contributed by atoms with E-state index in [2.05, 4.69) is 5.32 Å². The van der Waals surface area contributed by atoms with Crippen molar-refractivity contribution in [2.45, 2.75) is 6.92 Å². The summed E-state index contributed by atoms with van der Waals surface area (Å²) in [5.74, 6) is -1.42. The highest BCUT2D eigenvalue weighted by Crippen LogP contribution is 2.34. The molecule has 1 N–H and O–H groups in total. The third kappa shape index (κ3) is 4.73. The minimum atomic E-state index is -0.639. The SMILES string of the molecule is COC(=O)c1c(NC(=O)C=Cc2c(Cl)cccc2Cl)sc(C(=O)N(C)C)c1C. The summed E-state index contributed by atoms with van der Waals surface area (Å²) in [7, 11) is 4.44. The average molecular weight is 441 g/mol. The molecule has 0 radical (unpaired) electrons. The highest BCUT2D eigenvalue weighted by atomic mass is 35.5. The number of ether oxygens (including phenoxy) is 1. The number of benzene rings is 1. The fourth-order valence-corrected chi connectivity index (χ4v) is 4.08. The van der Waals surface area contributed by atoms with Crippen LogP contribution in [0.2, 0.25) is 10.0 Å². The van der Waals surface area contributed by atoms with Gasteiger partial charge in [-0.05, 0) is 30.7 Å². The second-order valence-electron chi connectivity index (χ2n) is 5.91. The van der Waals surface area contributed by atoms with Crippen LogP contribution >= 0.6 is 34.5 Å². The van der Waals surface area contributed by atoms with Gasteiger partial charge < -0.3 is 15.0 Å². The minimum Gasteiger partial charge on any atom is -0.465 e. The Bertz CT molecular complexity index is 947. The molecule has 0 unspecified atom stereocenters. The number of amides is 2. The lowest BCUT2D eigenvalue weighted by Crippen LogP contribution is -2.21. The number of halogens is 2. The number of nitrogens with one attached hydrogen (secondary N) is 1. The Morgan fingerprint density at radius 1 is 1.18 bits per heavy atom. The maximum Gasteiger partial charge on any atom is 0.341 e. The molecule has 0 saturated carbocycles.